The van der Waals surface area contributed by atoms with Crippen molar-refractivity contribution < 1.29 is 22.3 Å². The van der Waals surface area contributed by atoms with Crippen LogP contribution < -0.4 is 0 Å². The Kier molecular flexibility index (Phi) is 5.43. The van der Waals surface area contributed by atoms with E-state index in [0.717, 1.165) is 0 Å². The molecule has 0 spiro atoms. The van der Waals surface area contributed by atoms with Gasteiger partial charge in [0.2, 0.25) is 0 Å². The fraction of sp³-hybridized carbons (Fsp3) is 1.00. The summed E-state index contributed by atoms with van der Waals surface area (Å²) in [6.45, 7) is 4.82. The van der Waals surface area contributed by atoms with Gasteiger partial charge in [-0.05, 0) is 0 Å². The first-order valence-corrected chi connectivity index (χ1v) is 9.16. The molecule has 0 aromatic heterocycles. The maximum atomic E-state index is 13.2. The molecule has 6 nitrogen and oxygen atoms in total. The maximum Gasteiger partial charge on any atom is 0.282 e. The Morgan fingerprint density at radius 1 is 1.18 bits per heavy atom. The van der Waals surface area contributed by atoms with Crippen molar-refractivity contribution in [2.24, 2.45) is 0 Å². The van der Waals surface area contributed by atoms with E-state index >= 15 is 0 Å². The van der Waals surface area contributed by atoms with Crippen molar-refractivity contribution in [2.75, 3.05) is 39.3 Å². The standard InChI is InChI=1S/C13H25F2N3O3S/c1-3-17(4-2)22(20,21)18-9-11(12(19)10-18)16-7-5-13(14,15)6-8-16/h11-12,19H,3-10H2,1-2H3/t11-,12-/m1/s1. The van der Waals surface area contributed by atoms with Crippen LogP contribution in [-0.2, 0) is 10.2 Å². The van der Waals surface area contributed by atoms with Gasteiger partial charge in [-0.2, -0.15) is 17.0 Å². The first kappa shape index (κ1) is 18.0. The third-order valence-electron chi connectivity index (χ3n) is 4.58. The minimum atomic E-state index is -3.60. The van der Waals surface area contributed by atoms with Crippen molar-refractivity contribution in [3.63, 3.8) is 0 Å². The molecule has 9 heteroatoms. The lowest BCUT2D eigenvalue weighted by Gasteiger charge is -2.36. The molecule has 1 N–H and O–H groups in total. The van der Waals surface area contributed by atoms with Crippen LogP contribution in [-0.4, -0.2) is 84.4 Å². The third kappa shape index (κ3) is 3.59. The molecule has 0 bridgehead atoms. The van der Waals surface area contributed by atoms with Gasteiger partial charge in [0.25, 0.3) is 16.1 Å². The molecule has 0 aromatic carbocycles. The van der Waals surface area contributed by atoms with Crippen molar-refractivity contribution in [1.82, 2.24) is 13.5 Å². The zero-order valence-electron chi connectivity index (χ0n) is 13.1. The number of nitrogens with zero attached hydrogens (tertiary/aromatic N) is 3. The Morgan fingerprint density at radius 2 is 1.73 bits per heavy atom. The Labute approximate surface area is 130 Å². The van der Waals surface area contributed by atoms with Crippen molar-refractivity contribution in [2.45, 2.75) is 44.8 Å². The Morgan fingerprint density at radius 3 is 2.23 bits per heavy atom. The van der Waals surface area contributed by atoms with E-state index in [1.807, 2.05) is 0 Å². The third-order valence-corrected chi connectivity index (χ3v) is 6.70. The van der Waals surface area contributed by atoms with Gasteiger partial charge >= 0.3 is 0 Å². The minimum Gasteiger partial charge on any atom is -0.390 e. The smallest absolute Gasteiger partial charge is 0.282 e. The average Bonchev–Trinajstić information content (AvgIpc) is 2.83. The fourth-order valence-electron chi connectivity index (χ4n) is 3.18. The summed E-state index contributed by atoms with van der Waals surface area (Å²) in [5.74, 6) is -2.65. The highest BCUT2D eigenvalue weighted by atomic mass is 32.2. The van der Waals surface area contributed by atoms with Gasteiger partial charge in [-0.15, -0.1) is 0 Å². The largest absolute Gasteiger partial charge is 0.390 e. The molecule has 2 fully saturated rings. The molecule has 2 atom stereocenters. The van der Waals surface area contributed by atoms with Gasteiger partial charge in [0.1, 0.15) is 0 Å². The summed E-state index contributed by atoms with van der Waals surface area (Å²) in [5, 5.41) is 10.2. The summed E-state index contributed by atoms with van der Waals surface area (Å²) >= 11 is 0. The van der Waals surface area contributed by atoms with E-state index < -0.39 is 28.3 Å². The molecule has 0 aliphatic carbocycles. The van der Waals surface area contributed by atoms with E-state index in [0.29, 0.717) is 13.1 Å². The van der Waals surface area contributed by atoms with Crippen LogP contribution in [0.15, 0.2) is 0 Å². The molecule has 2 rings (SSSR count). The molecule has 0 aromatic rings. The van der Waals surface area contributed by atoms with Crippen molar-refractivity contribution >= 4 is 10.2 Å². The van der Waals surface area contributed by atoms with Gasteiger partial charge in [0.05, 0.1) is 12.1 Å². The van der Waals surface area contributed by atoms with E-state index in [4.69, 9.17) is 0 Å². The Balaban J connectivity index is 2.04. The second kappa shape index (κ2) is 6.64. The van der Waals surface area contributed by atoms with Gasteiger partial charge in [-0.3, -0.25) is 4.90 Å². The van der Waals surface area contributed by atoms with Gasteiger partial charge < -0.3 is 5.11 Å². The molecule has 130 valence electrons. The molecular formula is C13H25F2N3O3S. The number of rotatable bonds is 5. The van der Waals surface area contributed by atoms with Crippen molar-refractivity contribution in [3.05, 3.63) is 0 Å². The number of halogens is 2. The number of alkyl halides is 2. The lowest BCUT2D eigenvalue weighted by molar-refractivity contribution is -0.0697. The number of hydrogen-bond donors (Lipinski definition) is 1. The summed E-state index contributed by atoms with van der Waals surface area (Å²) in [6, 6.07) is -0.401. The first-order chi connectivity index (χ1) is 10.2. The molecule has 0 unspecified atom stereocenters. The average molecular weight is 341 g/mol. The molecule has 0 saturated carbocycles. The molecule has 2 heterocycles. The van der Waals surface area contributed by atoms with Crippen LogP contribution in [0, 0.1) is 0 Å². The van der Waals surface area contributed by atoms with E-state index in [1.165, 1.54) is 8.61 Å². The predicted molar refractivity (Wildman–Crippen MR) is 79.0 cm³/mol. The number of aliphatic hydroxyl groups is 1. The lowest BCUT2D eigenvalue weighted by Crippen LogP contribution is -2.50. The van der Waals surface area contributed by atoms with E-state index in [-0.39, 0.29) is 39.0 Å². The summed E-state index contributed by atoms with van der Waals surface area (Å²) in [5.41, 5.74) is 0. The normalized spacial score (nSPS) is 31.0. The zero-order chi connectivity index (χ0) is 16.5. The maximum absolute atomic E-state index is 13.2. The number of β-amino-alcohol motifs (C(OH)–C–C–N with tert-alkyl or cyclic N) is 1. The predicted octanol–water partition coefficient (Wildman–Crippen LogP) is 0.349. The van der Waals surface area contributed by atoms with Gasteiger partial charge in [-0.1, -0.05) is 13.8 Å². The number of hydrogen-bond acceptors (Lipinski definition) is 4. The van der Waals surface area contributed by atoms with E-state index in [2.05, 4.69) is 0 Å². The summed E-state index contributed by atoms with van der Waals surface area (Å²) in [7, 11) is -3.60. The molecule has 22 heavy (non-hydrogen) atoms. The molecule has 2 aliphatic heterocycles. The van der Waals surface area contributed by atoms with Crippen LogP contribution in [0.1, 0.15) is 26.7 Å². The zero-order valence-corrected chi connectivity index (χ0v) is 13.9. The number of piperidine rings is 1. The van der Waals surface area contributed by atoms with Crippen LogP contribution >= 0.6 is 0 Å². The lowest BCUT2D eigenvalue weighted by atomic mass is 10.0. The second-order valence-electron chi connectivity index (χ2n) is 5.94. The van der Waals surface area contributed by atoms with Crippen LogP contribution in [0.4, 0.5) is 8.78 Å². The summed E-state index contributed by atoms with van der Waals surface area (Å²) in [6.07, 6.45) is -1.31. The highest BCUT2D eigenvalue weighted by molar-refractivity contribution is 7.86. The molecule has 2 aliphatic rings. The number of aliphatic hydroxyl groups excluding tert-OH is 1. The molecule has 0 amide bonds. The van der Waals surface area contributed by atoms with Crippen LogP contribution in [0.3, 0.4) is 0 Å². The summed E-state index contributed by atoms with van der Waals surface area (Å²) in [4.78, 5) is 1.79. The molecule has 2 saturated heterocycles. The van der Waals surface area contributed by atoms with Crippen molar-refractivity contribution in [3.8, 4) is 0 Å². The molecular weight excluding hydrogens is 316 g/mol. The van der Waals surface area contributed by atoms with Gasteiger partial charge in [0.15, 0.2) is 0 Å². The van der Waals surface area contributed by atoms with Crippen LogP contribution in [0.2, 0.25) is 0 Å². The number of likely N-dealkylation sites (tertiary alicyclic amines) is 1. The fourth-order valence-corrected chi connectivity index (χ4v) is 4.84. The monoisotopic (exact) mass is 341 g/mol. The van der Waals surface area contributed by atoms with Crippen molar-refractivity contribution in [1.29, 1.82) is 0 Å². The Bertz CT molecular complexity index is 475. The SMILES string of the molecule is CCN(CC)S(=O)(=O)N1C[C@@H](O)[C@H](N2CCC(F)(F)CC2)C1. The highest BCUT2D eigenvalue weighted by Crippen LogP contribution is 2.31. The van der Waals surface area contributed by atoms with E-state index in [1.54, 1.807) is 18.7 Å². The highest BCUT2D eigenvalue weighted by Gasteiger charge is 2.45. The minimum absolute atomic E-state index is 0.0242. The first-order valence-electron chi connectivity index (χ1n) is 7.76. The van der Waals surface area contributed by atoms with Gasteiger partial charge in [0, 0.05) is 52.1 Å². The van der Waals surface area contributed by atoms with E-state index in [9.17, 15) is 22.3 Å². The van der Waals surface area contributed by atoms with Crippen LogP contribution in [0.5, 0.6) is 0 Å². The Hall–Kier alpha value is -0.350. The molecule has 0 radical (unpaired) electrons. The quantitative estimate of drug-likeness (QED) is 0.784. The topological polar surface area (TPSA) is 64.1 Å². The second-order valence-corrected chi connectivity index (χ2v) is 7.86. The van der Waals surface area contributed by atoms with Crippen LogP contribution in [0.25, 0.3) is 0 Å². The van der Waals surface area contributed by atoms with Gasteiger partial charge in [-0.25, -0.2) is 8.78 Å². The summed E-state index contributed by atoms with van der Waals surface area (Å²) < 4.78 is 54.0.